The highest BCUT2D eigenvalue weighted by atomic mass is 32.2. The third kappa shape index (κ3) is 3.71. The van der Waals surface area contributed by atoms with Crippen LogP contribution in [0.2, 0.25) is 0 Å². The van der Waals surface area contributed by atoms with Gasteiger partial charge in [0.25, 0.3) is 0 Å². The maximum Gasteiger partial charge on any atom is 0.201 e. The molecule has 0 radical (unpaired) electrons. The van der Waals surface area contributed by atoms with Crippen molar-refractivity contribution in [2.45, 2.75) is 44.3 Å². The minimum Gasteiger partial charge on any atom is -0.350 e. The number of H-pyrrole nitrogens is 1. The van der Waals surface area contributed by atoms with Crippen LogP contribution >= 0.6 is 23.5 Å². The highest BCUT2D eigenvalue weighted by Gasteiger charge is 2.46. The Morgan fingerprint density at radius 1 is 1.09 bits per heavy atom. The van der Waals surface area contributed by atoms with Gasteiger partial charge in [-0.25, -0.2) is 9.97 Å². The molecule has 12 heteroatoms. The van der Waals surface area contributed by atoms with Crippen LogP contribution in [0.3, 0.4) is 0 Å². The van der Waals surface area contributed by atoms with Gasteiger partial charge < -0.3 is 5.32 Å². The number of nitrogens with two attached hydrogens (primary N) is 1. The molecule has 10 nitrogen and oxygen atoms in total. The van der Waals surface area contributed by atoms with Crippen LogP contribution in [-0.2, 0) is 5.66 Å². The molecule has 3 aromatic heterocycles. The van der Waals surface area contributed by atoms with Crippen LogP contribution < -0.4 is 11.1 Å². The quantitative estimate of drug-likeness (QED) is 0.269. The maximum absolute atomic E-state index is 7.04. The SMILES string of the molecule is CCSC1=Nn2nc(-c3ccccc3)nc2C1(N)Nc1c(SCC)[nH]n2nc(C(C)C)nc12. The average Bonchev–Trinajstić information content (AvgIpc) is 3.53. The minimum absolute atomic E-state index is 0.205. The number of aromatic nitrogens is 7. The second-order valence-corrected chi connectivity index (χ2v) is 10.4. The van der Waals surface area contributed by atoms with Gasteiger partial charge in [-0.15, -0.1) is 43.6 Å². The van der Waals surface area contributed by atoms with Gasteiger partial charge in [-0.05, 0) is 11.5 Å². The number of benzene rings is 1. The Kier molecular flexibility index (Phi) is 5.67. The number of hydrogen-bond donors (Lipinski definition) is 3. The highest BCUT2D eigenvalue weighted by molar-refractivity contribution is 8.14. The Morgan fingerprint density at radius 3 is 2.55 bits per heavy atom. The molecule has 33 heavy (non-hydrogen) atoms. The number of aromatic amines is 1. The number of anilines is 1. The van der Waals surface area contributed by atoms with Crippen molar-refractivity contribution in [2.24, 2.45) is 10.8 Å². The van der Waals surface area contributed by atoms with Crippen molar-refractivity contribution in [3.05, 3.63) is 42.0 Å². The van der Waals surface area contributed by atoms with Crippen LogP contribution in [0, 0.1) is 0 Å². The smallest absolute Gasteiger partial charge is 0.201 e. The number of fused-ring (bicyclic) bond motifs is 2. The maximum atomic E-state index is 7.04. The summed E-state index contributed by atoms with van der Waals surface area (Å²) in [6.45, 7) is 8.31. The Balaban J connectivity index is 1.61. The van der Waals surface area contributed by atoms with E-state index in [9.17, 15) is 0 Å². The van der Waals surface area contributed by atoms with Crippen molar-refractivity contribution in [2.75, 3.05) is 16.8 Å². The molecule has 4 N–H and O–H groups in total. The van der Waals surface area contributed by atoms with Crippen LogP contribution in [0.1, 0.15) is 45.3 Å². The summed E-state index contributed by atoms with van der Waals surface area (Å²) in [5.74, 6) is 3.78. The third-order valence-corrected chi connectivity index (χ3v) is 7.03. The lowest BCUT2D eigenvalue weighted by atomic mass is 10.1. The molecule has 1 aliphatic rings. The number of hydrogen-bond acceptors (Lipinski definition) is 9. The molecule has 0 spiro atoms. The zero-order valence-electron chi connectivity index (χ0n) is 18.9. The minimum atomic E-state index is -1.16. The number of nitrogens with zero attached hydrogens (tertiary/aromatic N) is 7. The molecule has 4 heterocycles. The molecule has 0 amide bonds. The van der Waals surface area contributed by atoms with Gasteiger partial charge in [-0.2, -0.15) is 4.63 Å². The van der Waals surface area contributed by atoms with Crippen molar-refractivity contribution < 1.29 is 0 Å². The average molecular weight is 483 g/mol. The van der Waals surface area contributed by atoms with Gasteiger partial charge in [0.2, 0.25) is 11.5 Å². The van der Waals surface area contributed by atoms with Gasteiger partial charge >= 0.3 is 0 Å². The Labute approximate surface area is 199 Å². The lowest BCUT2D eigenvalue weighted by molar-refractivity contribution is 0.625. The molecule has 1 aliphatic heterocycles. The summed E-state index contributed by atoms with van der Waals surface area (Å²) in [5, 5.41) is 22.4. The molecular formula is C21H26N10S2. The fraction of sp³-hybridized carbons (Fsp3) is 0.381. The first-order valence-corrected chi connectivity index (χ1v) is 12.8. The second-order valence-electron chi connectivity index (χ2n) is 7.89. The van der Waals surface area contributed by atoms with E-state index in [0.29, 0.717) is 22.3 Å². The molecule has 5 rings (SSSR count). The summed E-state index contributed by atoms with van der Waals surface area (Å²) in [7, 11) is 0. The van der Waals surface area contributed by atoms with Crippen molar-refractivity contribution in [1.82, 2.24) is 34.7 Å². The van der Waals surface area contributed by atoms with Crippen LogP contribution in [0.15, 0.2) is 40.5 Å². The van der Waals surface area contributed by atoms with Crippen molar-refractivity contribution in [1.29, 1.82) is 0 Å². The zero-order chi connectivity index (χ0) is 23.2. The van der Waals surface area contributed by atoms with Gasteiger partial charge in [0.05, 0.1) is 0 Å². The third-order valence-electron chi connectivity index (χ3n) is 5.19. The van der Waals surface area contributed by atoms with Gasteiger partial charge in [0.15, 0.2) is 17.3 Å². The Hall–Kier alpha value is -2.83. The number of thioether (sulfide) groups is 2. The molecule has 0 bridgehead atoms. The lowest BCUT2D eigenvalue weighted by Gasteiger charge is -2.26. The molecule has 0 fully saturated rings. The summed E-state index contributed by atoms with van der Waals surface area (Å²) in [6, 6.07) is 9.82. The van der Waals surface area contributed by atoms with Crippen LogP contribution in [-0.4, -0.2) is 51.2 Å². The fourth-order valence-corrected chi connectivity index (χ4v) is 5.11. The first-order valence-electron chi connectivity index (χ1n) is 10.9. The van der Waals surface area contributed by atoms with E-state index in [1.807, 2.05) is 30.3 Å². The molecule has 0 aliphatic carbocycles. The topological polar surface area (TPSA) is 127 Å². The molecule has 1 atom stereocenters. The van der Waals surface area contributed by atoms with E-state index >= 15 is 0 Å². The van der Waals surface area contributed by atoms with Crippen molar-refractivity contribution >= 4 is 39.9 Å². The summed E-state index contributed by atoms with van der Waals surface area (Å²) in [5.41, 5.74) is 8.27. The molecule has 1 aromatic carbocycles. The highest BCUT2D eigenvalue weighted by Crippen LogP contribution is 2.38. The van der Waals surface area contributed by atoms with E-state index in [1.165, 1.54) is 4.79 Å². The Morgan fingerprint density at radius 2 is 1.85 bits per heavy atom. The van der Waals surface area contributed by atoms with Gasteiger partial charge in [-0.3, -0.25) is 10.8 Å². The Bertz CT molecular complexity index is 1320. The molecule has 4 aromatic rings. The summed E-state index contributed by atoms with van der Waals surface area (Å²) < 4.78 is 1.71. The molecule has 0 saturated carbocycles. The number of rotatable bonds is 7. The normalized spacial score (nSPS) is 17.7. The standard InChI is InChI=1S/C21H26N10S2/c1-5-32-18-14(17-23-15(12(3)4)26-30(17)28-18)25-21(22)19-24-16(13-10-8-7-9-11-13)27-31(19)29-20(21)33-6-2/h7-12,25,28H,5-6,22H2,1-4H3. The first kappa shape index (κ1) is 22.0. The second kappa shape index (κ2) is 8.50. The van der Waals surface area contributed by atoms with E-state index in [1.54, 1.807) is 28.2 Å². The molecule has 1 unspecified atom stereocenters. The predicted molar refractivity (Wildman–Crippen MR) is 134 cm³/mol. The van der Waals surface area contributed by atoms with Gasteiger partial charge in [0.1, 0.15) is 15.8 Å². The van der Waals surface area contributed by atoms with Crippen LogP contribution in [0.25, 0.3) is 17.0 Å². The molecular weight excluding hydrogens is 456 g/mol. The van der Waals surface area contributed by atoms with E-state index < -0.39 is 5.66 Å². The largest absolute Gasteiger partial charge is 0.350 e. The van der Waals surface area contributed by atoms with E-state index in [-0.39, 0.29) is 5.92 Å². The summed E-state index contributed by atoms with van der Waals surface area (Å²) >= 11 is 3.23. The van der Waals surface area contributed by atoms with E-state index in [2.05, 4.69) is 53.4 Å². The molecule has 0 saturated heterocycles. The fourth-order valence-electron chi connectivity index (χ4n) is 3.60. The van der Waals surface area contributed by atoms with E-state index in [4.69, 9.17) is 15.7 Å². The predicted octanol–water partition coefficient (Wildman–Crippen LogP) is 3.70. The summed E-state index contributed by atoms with van der Waals surface area (Å²) in [4.78, 5) is 11.1. The van der Waals surface area contributed by atoms with Gasteiger partial charge in [0, 0.05) is 11.5 Å². The van der Waals surface area contributed by atoms with E-state index in [0.717, 1.165) is 33.6 Å². The monoisotopic (exact) mass is 482 g/mol. The van der Waals surface area contributed by atoms with Crippen LogP contribution in [0.4, 0.5) is 5.69 Å². The van der Waals surface area contributed by atoms with Gasteiger partial charge in [-0.1, -0.05) is 58.0 Å². The summed E-state index contributed by atoms with van der Waals surface area (Å²) in [6.07, 6.45) is 0. The zero-order valence-corrected chi connectivity index (χ0v) is 20.5. The van der Waals surface area contributed by atoms with Crippen molar-refractivity contribution in [3.8, 4) is 11.4 Å². The van der Waals surface area contributed by atoms with Crippen molar-refractivity contribution in [3.63, 3.8) is 0 Å². The first-order chi connectivity index (χ1) is 15.9. The molecule has 172 valence electrons. The number of nitrogens with one attached hydrogen (secondary N) is 2. The van der Waals surface area contributed by atoms with Crippen LogP contribution in [0.5, 0.6) is 0 Å². The lowest BCUT2D eigenvalue weighted by Crippen LogP contribution is -2.49.